The Bertz CT molecular complexity index is 820. The van der Waals surface area contributed by atoms with Crippen LogP contribution in [0.25, 0.3) is 10.4 Å². The zero-order chi connectivity index (χ0) is 18.1. The van der Waals surface area contributed by atoms with Crippen LogP contribution in [0, 0.1) is 24.4 Å². The molecule has 0 aromatic heterocycles. The molecule has 10 heteroatoms. The van der Waals surface area contributed by atoms with Crippen molar-refractivity contribution in [3.05, 3.63) is 63.3 Å². The van der Waals surface area contributed by atoms with Gasteiger partial charge in [-0.2, -0.15) is 13.2 Å². The van der Waals surface area contributed by atoms with Crippen LogP contribution in [0.4, 0.5) is 32.0 Å². The van der Waals surface area contributed by atoms with E-state index < -0.39 is 40.6 Å². The molecule has 2 aromatic rings. The van der Waals surface area contributed by atoms with E-state index in [1.807, 2.05) is 0 Å². The standard InChI is InChI=1S/C14H7F6N3O/c1-6-2-8(15)11(22-23-21)5-12(6)24-13-9(16)3-7(4-10(13)17)14(18,19)20/h2-5H,1H3. The number of rotatable bonds is 3. The maximum atomic E-state index is 13.8. The van der Waals surface area contributed by atoms with E-state index in [4.69, 9.17) is 10.3 Å². The molecule has 0 saturated carbocycles. The van der Waals surface area contributed by atoms with Gasteiger partial charge in [0.15, 0.2) is 17.4 Å². The van der Waals surface area contributed by atoms with Gasteiger partial charge in [0, 0.05) is 4.91 Å². The quantitative estimate of drug-likeness (QED) is 0.284. The average Bonchev–Trinajstić information content (AvgIpc) is 2.46. The Morgan fingerprint density at radius 1 is 1.00 bits per heavy atom. The number of aryl methyl sites for hydroxylation is 1. The van der Waals surface area contributed by atoms with Crippen molar-refractivity contribution >= 4 is 5.69 Å². The third-order valence-corrected chi connectivity index (χ3v) is 2.93. The van der Waals surface area contributed by atoms with Crippen LogP contribution in [0.5, 0.6) is 11.5 Å². The molecule has 0 aliphatic rings. The minimum atomic E-state index is -4.93. The number of hydrogen-bond acceptors (Lipinski definition) is 2. The summed E-state index contributed by atoms with van der Waals surface area (Å²) in [5, 5.41) is 3.03. The fourth-order valence-electron chi connectivity index (χ4n) is 1.81. The molecule has 0 unspecified atom stereocenters. The second-order valence-corrected chi connectivity index (χ2v) is 4.63. The first kappa shape index (κ1) is 17.5. The van der Waals surface area contributed by atoms with Crippen LogP contribution in [0.1, 0.15) is 11.1 Å². The maximum Gasteiger partial charge on any atom is 0.416 e. The zero-order valence-corrected chi connectivity index (χ0v) is 11.8. The summed E-state index contributed by atoms with van der Waals surface area (Å²) < 4.78 is 83.4. The Balaban J connectivity index is 2.49. The molecule has 0 N–H and O–H groups in total. The highest BCUT2D eigenvalue weighted by atomic mass is 19.4. The third-order valence-electron chi connectivity index (χ3n) is 2.93. The predicted molar refractivity (Wildman–Crippen MR) is 71.4 cm³/mol. The molecule has 0 radical (unpaired) electrons. The highest BCUT2D eigenvalue weighted by molar-refractivity contribution is 5.50. The van der Waals surface area contributed by atoms with Gasteiger partial charge in [-0.3, -0.25) is 0 Å². The first-order valence-electron chi connectivity index (χ1n) is 6.23. The molecule has 0 aliphatic carbocycles. The van der Waals surface area contributed by atoms with Crippen molar-refractivity contribution in [3.63, 3.8) is 0 Å². The Kier molecular flexibility index (Phi) is 4.61. The van der Waals surface area contributed by atoms with Crippen molar-refractivity contribution in [3.8, 4) is 11.5 Å². The lowest BCUT2D eigenvalue weighted by atomic mass is 10.1. The molecule has 0 heterocycles. The van der Waals surface area contributed by atoms with Crippen LogP contribution in [-0.2, 0) is 6.18 Å². The Morgan fingerprint density at radius 2 is 1.58 bits per heavy atom. The van der Waals surface area contributed by atoms with E-state index in [1.54, 1.807) is 0 Å². The second-order valence-electron chi connectivity index (χ2n) is 4.63. The van der Waals surface area contributed by atoms with E-state index in [9.17, 15) is 26.3 Å². The van der Waals surface area contributed by atoms with Gasteiger partial charge in [-0.1, -0.05) is 5.11 Å². The first-order chi connectivity index (χ1) is 11.1. The summed E-state index contributed by atoms with van der Waals surface area (Å²) >= 11 is 0. The maximum absolute atomic E-state index is 13.8. The van der Waals surface area contributed by atoms with E-state index in [0.717, 1.165) is 12.1 Å². The Hall–Kier alpha value is -2.87. The Morgan fingerprint density at radius 3 is 2.08 bits per heavy atom. The summed E-state index contributed by atoms with van der Waals surface area (Å²) in [6.07, 6.45) is -4.93. The molecule has 0 amide bonds. The molecule has 2 aromatic carbocycles. The molecule has 126 valence electrons. The summed E-state index contributed by atoms with van der Waals surface area (Å²) in [7, 11) is 0. The minimum absolute atomic E-state index is 0.0750. The summed E-state index contributed by atoms with van der Waals surface area (Å²) in [6.45, 7) is 1.33. The molecular weight excluding hydrogens is 340 g/mol. The number of alkyl halides is 3. The van der Waals surface area contributed by atoms with Crippen molar-refractivity contribution in [2.75, 3.05) is 0 Å². The average molecular weight is 347 g/mol. The van der Waals surface area contributed by atoms with Gasteiger partial charge < -0.3 is 4.74 Å². The second kappa shape index (κ2) is 6.32. The lowest BCUT2D eigenvalue weighted by Gasteiger charge is -2.13. The van der Waals surface area contributed by atoms with Gasteiger partial charge in [-0.15, -0.1) is 0 Å². The normalized spacial score (nSPS) is 11.1. The number of hydrogen-bond donors (Lipinski definition) is 0. The number of nitrogens with zero attached hydrogens (tertiary/aromatic N) is 3. The largest absolute Gasteiger partial charge is 0.451 e. The van der Waals surface area contributed by atoms with Gasteiger partial charge in [-0.05, 0) is 42.3 Å². The molecule has 4 nitrogen and oxygen atoms in total. The van der Waals surface area contributed by atoms with Crippen molar-refractivity contribution in [1.82, 2.24) is 0 Å². The molecule has 0 atom stereocenters. The number of azide groups is 1. The van der Waals surface area contributed by atoms with Crippen LogP contribution in [-0.4, -0.2) is 0 Å². The van der Waals surface area contributed by atoms with Gasteiger partial charge in [0.2, 0.25) is 0 Å². The van der Waals surface area contributed by atoms with Gasteiger partial charge in [0.1, 0.15) is 11.6 Å². The molecule has 0 spiro atoms. The van der Waals surface area contributed by atoms with Crippen LogP contribution in [0.2, 0.25) is 0 Å². The SMILES string of the molecule is Cc1cc(F)c(N=[N+]=[N-])cc1Oc1c(F)cc(C(F)(F)F)cc1F. The highest BCUT2D eigenvalue weighted by Gasteiger charge is 2.33. The van der Waals surface area contributed by atoms with Crippen molar-refractivity contribution in [2.24, 2.45) is 5.11 Å². The third kappa shape index (κ3) is 3.54. The van der Waals surface area contributed by atoms with E-state index in [0.29, 0.717) is 0 Å². The smallest absolute Gasteiger partial charge is 0.416 e. The van der Waals surface area contributed by atoms with E-state index in [2.05, 4.69) is 10.0 Å². The number of benzene rings is 2. The molecule has 0 saturated heterocycles. The number of ether oxygens (including phenoxy) is 1. The van der Waals surface area contributed by atoms with Gasteiger partial charge >= 0.3 is 6.18 Å². The lowest BCUT2D eigenvalue weighted by Crippen LogP contribution is -2.07. The van der Waals surface area contributed by atoms with Gasteiger partial charge in [-0.25, -0.2) is 13.2 Å². The van der Waals surface area contributed by atoms with Crippen molar-refractivity contribution in [1.29, 1.82) is 0 Å². The molecule has 0 aliphatic heterocycles. The zero-order valence-electron chi connectivity index (χ0n) is 11.8. The van der Waals surface area contributed by atoms with Crippen LogP contribution in [0.15, 0.2) is 29.4 Å². The summed E-state index contributed by atoms with van der Waals surface area (Å²) in [6, 6.07) is 1.91. The van der Waals surface area contributed by atoms with E-state index >= 15 is 0 Å². The summed E-state index contributed by atoms with van der Waals surface area (Å²) in [5.41, 5.74) is 6.39. The van der Waals surface area contributed by atoms with Crippen LogP contribution in [0.3, 0.4) is 0 Å². The summed E-state index contributed by atoms with van der Waals surface area (Å²) in [4.78, 5) is 2.37. The topological polar surface area (TPSA) is 58.0 Å². The molecule has 24 heavy (non-hydrogen) atoms. The molecular formula is C14H7F6N3O. The minimum Gasteiger partial charge on any atom is -0.451 e. The van der Waals surface area contributed by atoms with Crippen LogP contribution >= 0.6 is 0 Å². The van der Waals surface area contributed by atoms with Crippen molar-refractivity contribution < 1.29 is 31.1 Å². The van der Waals surface area contributed by atoms with Crippen molar-refractivity contribution in [2.45, 2.75) is 13.1 Å². The summed E-state index contributed by atoms with van der Waals surface area (Å²) in [5.74, 6) is -5.44. The lowest BCUT2D eigenvalue weighted by molar-refractivity contribution is -0.138. The fourth-order valence-corrected chi connectivity index (χ4v) is 1.81. The van der Waals surface area contributed by atoms with E-state index in [-0.39, 0.29) is 23.4 Å². The van der Waals surface area contributed by atoms with Gasteiger partial charge in [0.05, 0.1) is 11.3 Å². The van der Waals surface area contributed by atoms with E-state index in [1.165, 1.54) is 6.92 Å². The highest BCUT2D eigenvalue weighted by Crippen LogP contribution is 2.37. The number of halogens is 6. The first-order valence-corrected chi connectivity index (χ1v) is 6.23. The Labute approximate surface area is 130 Å². The molecule has 0 fully saturated rings. The predicted octanol–water partition coefficient (Wildman–Crippen LogP) is 6.17. The van der Waals surface area contributed by atoms with Crippen LogP contribution < -0.4 is 4.74 Å². The molecule has 0 bridgehead atoms. The fraction of sp³-hybridized carbons (Fsp3) is 0.143. The monoisotopic (exact) mass is 347 g/mol. The van der Waals surface area contributed by atoms with Gasteiger partial charge in [0.25, 0.3) is 0 Å². The molecule has 2 rings (SSSR count).